The minimum atomic E-state index is -0.888. The highest BCUT2D eigenvalue weighted by atomic mass is 16.4. The summed E-state index contributed by atoms with van der Waals surface area (Å²) in [6.07, 6.45) is 4.90. The first-order valence-electron chi connectivity index (χ1n) is 4.88. The molecule has 1 aromatic rings. The molecule has 1 rings (SSSR count). The van der Waals surface area contributed by atoms with Gasteiger partial charge in [0.1, 0.15) is 0 Å². The lowest BCUT2D eigenvalue weighted by Gasteiger charge is -1.97. The largest absolute Gasteiger partial charge is 0.478 e. The van der Waals surface area contributed by atoms with Crippen LogP contribution in [0.2, 0.25) is 0 Å². The number of carboxylic acid groups (broad SMARTS) is 1. The van der Waals surface area contributed by atoms with Crippen LogP contribution in [0.3, 0.4) is 0 Å². The third kappa shape index (κ3) is 3.95. The SMILES string of the molecule is CNCCC=Cc1cccc(C(=O)O)c1. The number of carboxylic acids is 1. The van der Waals surface area contributed by atoms with E-state index in [0.29, 0.717) is 5.56 Å². The Bertz CT molecular complexity index is 358. The Labute approximate surface area is 89.4 Å². The molecule has 0 saturated heterocycles. The van der Waals surface area contributed by atoms with Crippen molar-refractivity contribution < 1.29 is 9.90 Å². The predicted octanol–water partition coefficient (Wildman–Crippen LogP) is 2.01. The van der Waals surface area contributed by atoms with Crippen LogP contribution in [0.4, 0.5) is 0 Å². The van der Waals surface area contributed by atoms with Crippen LogP contribution in [0.5, 0.6) is 0 Å². The maximum Gasteiger partial charge on any atom is 0.335 e. The normalized spacial score (nSPS) is 10.7. The second-order valence-electron chi connectivity index (χ2n) is 3.23. The molecule has 0 aromatic heterocycles. The highest BCUT2D eigenvalue weighted by Crippen LogP contribution is 2.07. The quantitative estimate of drug-likeness (QED) is 0.723. The van der Waals surface area contributed by atoms with Crippen LogP contribution >= 0.6 is 0 Å². The molecule has 0 amide bonds. The fraction of sp³-hybridized carbons (Fsp3) is 0.250. The average Bonchev–Trinajstić information content (AvgIpc) is 2.25. The van der Waals surface area contributed by atoms with Gasteiger partial charge in [-0.1, -0.05) is 24.3 Å². The highest BCUT2D eigenvalue weighted by Gasteiger charge is 2.00. The molecule has 0 fully saturated rings. The molecule has 1 aromatic carbocycles. The average molecular weight is 205 g/mol. The van der Waals surface area contributed by atoms with Crippen LogP contribution in [-0.2, 0) is 0 Å². The Hall–Kier alpha value is -1.61. The number of hydrogen-bond donors (Lipinski definition) is 2. The summed E-state index contributed by atoms with van der Waals surface area (Å²) in [7, 11) is 1.90. The zero-order valence-corrected chi connectivity index (χ0v) is 8.73. The first-order valence-corrected chi connectivity index (χ1v) is 4.88. The Morgan fingerprint density at radius 1 is 1.53 bits per heavy atom. The molecular formula is C12H15NO2. The van der Waals surface area contributed by atoms with E-state index in [0.717, 1.165) is 18.5 Å². The second-order valence-corrected chi connectivity index (χ2v) is 3.23. The summed E-state index contributed by atoms with van der Waals surface area (Å²) in [5, 5.41) is 11.8. The lowest BCUT2D eigenvalue weighted by Crippen LogP contribution is -2.05. The molecule has 80 valence electrons. The van der Waals surface area contributed by atoms with E-state index in [2.05, 4.69) is 5.32 Å². The monoisotopic (exact) mass is 205 g/mol. The number of carbonyl (C=O) groups is 1. The van der Waals surface area contributed by atoms with Crippen LogP contribution in [0.15, 0.2) is 30.3 Å². The number of rotatable bonds is 5. The molecule has 0 bridgehead atoms. The van der Waals surface area contributed by atoms with Crippen LogP contribution in [0, 0.1) is 0 Å². The van der Waals surface area contributed by atoms with E-state index >= 15 is 0 Å². The molecule has 0 unspecified atom stereocenters. The summed E-state index contributed by atoms with van der Waals surface area (Å²) in [6.45, 7) is 0.926. The van der Waals surface area contributed by atoms with Crippen molar-refractivity contribution in [1.29, 1.82) is 0 Å². The van der Waals surface area contributed by atoms with Gasteiger partial charge in [-0.2, -0.15) is 0 Å². The summed E-state index contributed by atoms with van der Waals surface area (Å²) in [6, 6.07) is 6.90. The molecule has 3 heteroatoms. The van der Waals surface area contributed by atoms with Crippen molar-refractivity contribution in [2.75, 3.05) is 13.6 Å². The number of hydrogen-bond acceptors (Lipinski definition) is 2. The van der Waals surface area contributed by atoms with Crippen molar-refractivity contribution in [2.24, 2.45) is 0 Å². The molecule has 15 heavy (non-hydrogen) atoms. The third-order valence-electron chi connectivity index (χ3n) is 2.00. The summed E-state index contributed by atoms with van der Waals surface area (Å²) < 4.78 is 0. The van der Waals surface area contributed by atoms with Gasteiger partial charge < -0.3 is 10.4 Å². The van der Waals surface area contributed by atoms with Crippen molar-refractivity contribution in [3.63, 3.8) is 0 Å². The van der Waals surface area contributed by atoms with Gasteiger partial charge in [-0.3, -0.25) is 0 Å². The Balaban J connectivity index is 2.65. The van der Waals surface area contributed by atoms with Gasteiger partial charge in [-0.15, -0.1) is 0 Å². The smallest absolute Gasteiger partial charge is 0.335 e. The molecule has 3 nitrogen and oxygen atoms in total. The summed E-state index contributed by atoms with van der Waals surface area (Å²) >= 11 is 0. The van der Waals surface area contributed by atoms with Crippen molar-refractivity contribution in [3.05, 3.63) is 41.5 Å². The molecule has 0 aliphatic heterocycles. The Morgan fingerprint density at radius 3 is 3.00 bits per heavy atom. The van der Waals surface area contributed by atoms with Gasteiger partial charge in [0, 0.05) is 0 Å². The van der Waals surface area contributed by atoms with E-state index in [1.54, 1.807) is 18.2 Å². The van der Waals surface area contributed by atoms with Crippen molar-refractivity contribution >= 4 is 12.0 Å². The minimum absolute atomic E-state index is 0.325. The fourth-order valence-corrected chi connectivity index (χ4v) is 1.22. The topological polar surface area (TPSA) is 49.3 Å². The molecule has 2 N–H and O–H groups in total. The maximum atomic E-state index is 10.7. The summed E-state index contributed by atoms with van der Waals surface area (Å²) in [5.74, 6) is -0.888. The van der Waals surface area contributed by atoms with Crippen LogP contribution in [0.25, 0.3) is 6.08 Å². The predicted molar refractivity (Wildman–Crippen MR) is 61.0 cm³/mol. The van der Waals surface area contributed by atoms with Gasteiger partial charge >= 0.3 is 5.97 Å². The lowest BCUT2D eigenvalue weighted by atomic mass is 10.1. The van der Waals surface area contributed by atoms with E-state index in [1.807, 2.05) is 25.3 Å². The molecule has 0 aliphatic rings. The highest BCUT2D eigenvalue weighted by molar-refractivity contribution is 5.88. The molecule has 0 saturated carbocycles. The lowest BCUT2D eigenvalue weighted by molar-refractivity contribution is 0.0697. The van der Waals surface area contributed by atoms with E-state index in [4.69, 9.17) is 5.11 Å². The van der Waals surface area contributed by atoms with Crippen molar-refractivity contribution in [1.82, 2.24) is 5.32 Å². The molecular weight excluding hydrogens is 190 g/mol. The summed E-state index contributed by atoms with van der Waals surface area (Å²) in [4.78, 5) is 10.7. The Morgan fingerprint density at radius 2 is 2.33 bits per heavy atom. The second kappa shape index (κ2) is 5.98. The van der Waals surface area contributed by atoms with Gasteiger partial charge in [-0.25, -0.2) is 4.79 Å². The van der Waals surface area contributed by atoms with Gasteiger partial charge in [0.15, 0.2) is 0 Å². The zero-order valence-electron chi connectivity index (χ0n) is 8.73. The fourth-order valence-electron chi connectivity index (χ4n) is 1.22. The van der Waals surface area contributed by atoms with E-state index < -0.39 is 5.97 Å². The van der Waals surface area contributed by atoms with E-state index in [9.17, 15) is 4.79 Å². The first-order chi connectivity index (χ1) is 7.24. The number of aromatic carboxylic acids is 1. The first kappa shape index (κ1) is 11.5. The summed E-state index contributed by atoms with van der Waals surface area (Å²) in [5.41, 5.74) is 1.25. The molecule has 0 aliphatic carbocycles. The molecule has 0 heterocycles. The minimum Gasteiger partial charge on any atom is -0.478 e. The molecule has 0 spiro atoms. The Kier molecular flexibility index (Phi) is 4.57. The number of nitrogens with one attached hydrogen (secondary N) is 1. The van der Waals surface area contributed by atoms with E-state index in [-0.39, 0.29) is 0 Å². The van der Waals surface area contributed by atoms with Crippen LogP contribution < -0.4 is 5.32 Å². The zero-order chi connectivity index (χ0) is 11.1. The van der Waals surface area contributed by atoms with Crippen LogP contribution in [-0.4, -0.2) is 24.7 Å². The molecule has 0 radical (unpaired) electrons. The molecule has 0 atom stereocenters. The van der Waals surface area contributed by atoms with Crippen molar-refractivity contribution in [3.8, 4) is 0 Å². The third-order valence-corrected chi connectivity index (χ3v) is 2.00. The van der Waals surface area contributed by atoms with Gasteiger partial charge in [0.05, 0.1) is 5.56 Å². The van der Waals surface area contributed by atoms with Crippen molar-refractivity contribution in [2.45, 2.75) is 6.42 Å². The number of benzene rings is 1. The standard InChI is InChI=1S/C12H15NO2/c1-13-8-3-2-5-10-6-4-7-11(9-10)12(14)15/h2,4-7,9,13H,3,8H2,1H3,(H,14,15). The van der Waals surface area contributed by atoms with Crippen LogP contribution in [0.1, 0.15) is 22.3 Å². The van der Waals surface area contributed by atoms with Gasteiger partial charge in [0.25, 0.3) is 0 Å². The maximum absolute atomic E-state index is 10.7. The van der Waals surface area contributed by atoms with E-state index in [1.165, 1.54) is 0 Å². The van der Waals surface area contributed by atoms with Gasteiger partial charge in [0.2, 0.25) is 0 Å². The van der Waals surface area contributed by atoms with Gasteiger partial charge in [-0.05, 0) is 37.7 Å².